The van der Waals surface area contributed by atoms with Gasteiger partial charge >= 0.3 is 0 Å². The maximum atomic E-state index is 12.1. The minimum Gasteiger partial charge on any atom is -0.352 e. The third-order valence-electron chi connectivity index (χ3n) is 2.40. The Kier molecular flexibility index (Phi) is 3.69. The average Bonchev–Trinajstić information content (AvgIpc) is 2.90. The van der Waals surface area contributed by atoms with Crippen LogP contribution in [0.5, 0.6) is 0 Å². The van der Waals surface area contributed by atoms with E-state index >= 15 is 0 Å². The number of aryl methyl sites for hydroxylation is 1. The van der Waals surface area contributed by atoms with E-state index in [2.05, 4.69) is 15.0 Å². The fourth-order valence-corrected chi connectivity index (χ4v) is 3.41. The second kappa shape index (κ2) is 5.09. The summed E-state index contributed by atoms with van der Waals surface area (Å²) in [5.74, 6) is 0. The molecule has 0 aromatic carbocycles. The van der Waals surface area contributed by atoms with Crippen LogP contribution in [0.2, 0.25) is 0 Å². The number of nitrogens with one attached hydrogen (secondary N) is 2. The number of anilines is 1. The molecule has 0 atom stereocenters. The molecule has 98 valence electrons. The van der Waals surface area contributed by atoms with Crippen molar-refractivity contribution in [2.45, 2.75) is 11.4 Å². The minimum absolute atomic E-state index is 0.241. The molecule has 0 unspecified atom stereocenters. The molecule has 2 heterocycles. The normalized spacial score (nSPS) is 11.7. The Morgan fingerprint density at radius 2 is 2.28 bits per heavy atom. The van der Waals surface area contributed by atoms with Gasteiger partial charge in [-0.05, 0) is 13.1 Å². The Balaban J connectivity index is 2.27. The Hall–Kier alpha value is -1.38. The predicted octanol–water partition coefficient (Wildman–Crippen LogP) is 1.00. The third-order valence-corrected chi connectivity index (χ3v) is 4.53. The Morgan fingerprint density at radius 1 is 1.50 bits per heavy atom. The number of sulfonamides is 1. The molecule has 2 N–H and O–H groups in total. The zero-order chi connectivity index (χ0) is 13.2. The van der Waals surface area contributed by atoms with Crippen LogP contribution in [-0.4, -0.2) is 25.0 Å². The average molecular weight is 286 g/mol. The van der Waals surface area contributed by atoms with Gasteiger partial charge in [-0.25, -0.2) is 13.4 Å². The summed E-state index contributed by atoms with van der Waals surface area (Å²) in [6, 6.07) is 1.65. The first-order valence-corrected chi connectivity index (χ1v) is 7.61. The number of thiazole rings is 1. The van der Waals surface area contributed by atoms with Crippen molar-refractivity contribution in [1.29, 1.82) is 0 Å². The zero-order valence-corrected chi connectivity index (χ0v) is 11.7. The highest BCUT2D eigenvalue weighted by Gasteiger charge is 2.18. The summed E-state index contributed by atoms with van der Waals surface area (Å²) in [5, 5.41) is 5.08. The molecule has 6 nitrogen and oxygen atoms in total. The zero-order valence-electron chi connectivity index (χ0n) is 10.0. The second-order valence-corrected chi connectivity index (χ2v) is 6.33. The number of nitrogens with zero attached hydrogens (tertiary/aromatic N) is 2. The summed E-state index contributed by atoms with van der Waals surface area (Å²) >= 11 is 1.25. The number of rotatable bonds is 5. The van der Waals surface area contributed by atoms with Crippen LogP contribution in [0.15, 0.2) is 28.7 Å². The molecule has 0 aliphatic rings. The van der Waals surface area contributed by atoms with E-state index < -0.39 is 10.0 Å². The molecule has 0 spiro atoms. The molecule has 0 amide bonds. The fraction of sp³-hybridized carbons (Fsp3) is 0.300. The van der Waals surface area contributed by atoms with Crippen molar-refractivity contribution in [2.75, 3.05) is 11.8 Å². The Morgan fingerprint density at radius 3 is 2.89 bits per heavy atom. The molecule has 0 aliphatic heterocycles. The molecule has 0 radical (unpaired) electrons. The van der Waals surface area contributed by atoms with Gasteiger partial charge in [-0.3, -0.25) is 4.72 Å². The van der Waals surface area contributed by atoms with Crippen LogP contribution in [0, 0.1) is 0 Å². The summed E-state index contributed by atoms with van der Waals surface area (Å²) in [7, 11) is 0.0751. The highest BCUT2D eigenvalue weighted by molar-refractivity contribution is 7.93. The summed E-state index contributed by atoms with van der Waals surface area (Å²) in [6.45, 7) is 0.614. The van der Waals surface area contributed by atoms with E-state index in [-0.39, 0.29) is 4.90 Å². The van der Waals surface area contributed by atoms with Crippen molar-refractivity contribution >= 4 is 26.5 Å². The van der Waals surface area contributed by atoms with Crippen molar-refractivity contribution < 1.29 is 8.42 Å². The lowest BCUT2D eigenvalue weighted by Gasteiger charge is -2.01. The third kappa shape index (κ3) is 2.71. The second-order valence-electron chi connectivity index (χ2n) is 3.75. The Labute approximate surface area is 110 Å². The van der Waals surface area contributed by atoms with Gasteiger partial charge in [0.15, 0.2) is 5.13 Å². The summed E-state index contributed by atoms with van der Waals surface area (Å²) in [5.41, 5.74) is 0.900. The van der Waals surface area contributed by atoms with Gasteiger partial charge in [0.25, 0.3) is 10.0 Å². The largest absolute Gasteiger partial charge is 0.352 e. The van der Waals surface area contributed by atoms with E-state index in [1.165, 1.54) is 11.3 Å². The molecule has 0 saturated carbocycles. The van der Waals surface area contributed by atoms with Crippen LogP contribution in [0.25, 0.3) is 0 Å². The maximum Gasteiger partial charge on any atom is 0.265 e. The van der Waals surface area contributed by atoms with Gasteiger partial charge in [0, 0.05) is 37.1 Å². The smallest absolute Gasteiger partial charge is 0.265 e. The molecule has 2 aromatic rings. The first-order valence-electron chi connectivity index (χ1n) is 5.25. The fourth-order valence-electron chi connectivity index (χ4n) is 1.53. The first kappa shape index (κ1) is 13.1. The molecule has 18 heavy (non-hydrogen) atoms. The van der Waals surface area contributed by atoms with Crippen LogP contribution in [0.4, 0.5) is 5.13 Å². The van der Waals surface area contributed by atoms with Crippen molar-refractivity contribution in [1.82, 2.24) is 14.9 Å². The van der Waals surface area contributed by atoms with Crippen molar-refractivity contribution in [3.63, 3.8) is 0 Å². The lowest BCUT2D eigenvalue weighted by molar-refractivity contribution is 0.601. The molecular formula is C10H14N4O2S2. The van der Waals surface area contributed by atoms with E-state index in [0.717, 1.165) is 5.69 Å². The standard InChI is InChI=1S/C10H14N4O2S2/c1-11-6-8-5-9(7-14(8)2)18(15,16)13-10-12-3-4-17-10/h3-5,7,11H,6H2,1-2H3,(H,12,13). The van der Waals surface area contributed by atoms with Crippen LogP contribution in [-0.2, 0) is 23.6 Å². The quantitative estimate of drug-likeness (QED) is 0.860. The topological polar surface area (TPSA) is 76.0 Å². The molecular weight excluding hydrogens is 272 g/mol. The van der Waals surface area contributed by atoms with E-state index in [0.29, 0.717) is 11.7 Å². The minimum atomic E-state index is -3.55. The highest BCUT2D eigenvalue weighted by atomic mass is 32.2. The van der Waals surface area contributed by atoms with Gasteiger partial charge in [0.1, 0.15) is 4.90 Å². The van der Waals surface area contributed by atoms with Gasteiger partial charge in [-0.1, -0.05) is 0 Å². The van der Waals surface area contributed by atoms with Gasteiger partial charge in [-0.15, -0.1) is 11.3 Å². The van der Waals surface area contributed by atoms with Crippen LogP contribution < -0.4 is 10.0 Å². The van der Waals surface area contributed by atoms with Crippen molar-refractivity contribution in [3.05, 3.63) is 29.5 Å². The summed E-state index contributed by atoms with van der Waals surface area (Å²) in [6.07, 6.45) is 3.14. The molecule has 2 aromatic heterocycles. The summed E-state index contributed by atoms with van der Waals surface area (Å²) < 4.78 is 28.4. The maximum absolute atomic E-state index is 12.1. The SMILES string of the molecule is CNCc1cc(S(=O)(=O)Nc2nccs2)cn1C. The monoisotopic (exact) mass is 286 g/mol. The number of hydrogen-bond acceptors (Lipinski definition) is 5. The van der Waals surface area contributed by atoms with E-state index in [9.17, 15) is 8.42 Å². The summed E-state index contributed by atoms with van der Waals surface area (Å²) in [4.78, 5) is 4.14. The molecule has 0 aliphatic carbocycles. The van der Waals surface area contributed by atoms with E-state index in [4.69, 9.17) is 0 Å². The highest BCUT2D eigenvalue weighted by Crippen LogP contribution is 2.19. The van der Waals surface area contributed by atoms with Crippen molar-refractivity contribution in [2.24, 2.45) is 7.05 Å². The molecule has 0 saturated heterocycles. The first-order chi connectivity index (χ1) is 8.53. The van der Waals surface area contributed by atoms with E-state index in [1.807, 2.05) is 14.1 Å². The van der Waals surface area contributed by atoms with Gasteiger partial charge in [-0.2, -0.15) is 0 Å². The predicted molar refractivity (Wildman–Crippen MR) is 71.1 cm³/mol. The molecule has 2 rings (SSSR count). The Bertz CT molecular complexity index is 616. The molecule has 0 bridgehead atoms. The number of hydrogen-bond donors (Lipinski definition) is 2. The molecule has 8 heteroatoms. The van der Waals surface area contributed by atoms with Crippen molar-refractivity contribution in [3.8, 4) is 0 Å². The molecule has 0 fully saturated rings. The van der Waals surface area contributed by atoms with Crippen LogP contribution in [0.1, 0.15) is 5.69 Å². The van der Waals surface area contributed by atoms with Gasteiger partial charge in [0.2, 0.25) is 0 Å². The lowest BCUT2D eigenvalue weighted by atomic mass is 10.4. The van der Waals surface area contributed by atoms with E-state index in [1.54, 1.807) is 28.4 Å². The van der Waals surface area contributed by atoms with Crippen LogP contribution >= 0.6 is 11.3 Å². The van der Waals surface area contributed by atoms with Crippen LogP contribution in [0.3, 0.4) is 0 Å². The number of aromatic nitrogens is 2. The lowest BCUT2D eigenvalue weighted by Crippen LogP contribution is -2.12. The van der Waals surface area contributed by atoms with Gasteiger partial charge < -0.3 is 9.88 Å². The van der Waals surface area contributed by atoms with Gasteiger partial charge in [0.05, 0.1) is 0 Å².